The summed E-state index contributed by atoms with van der Waals surface area (Å²) >= 11 is 3.45. The molecule has 0 fully saturated rings. The Morgan fingerprint density at radius 3 is 2.48 bits per heavy atom. The Bertz CT molecular complexity index is 663. The molecule has 0 bridgehead atoms. The van der Waals surface area contributed by atoms with Gasteiger partial charge in [0.2, 0.25) is 5.91 Å². The van der Waals surface area contributed by atoms with Crippen LogP contribution in [0.1, 0.15) is 25.8 Å². The van der Waals surface area contributed by atoms with Gasteiger partial charge in [-0.25, -0.2) is 4.72 Å². The molecule has 0 aromatic heterocycles. The van der Waals surface area contributed by atoms with Gasteiger partial charge in [-0.15, -0.1) is 0 Å². The van der Waals surface area contributed by atoms with Crippen LogP contribution in [-0.2, 0) is 21.4 Å². The maximum atomic E-state index is 12.5. The number of hydrogen-bond donors (Lipinski definition) is 2. The van der Waals surface area contributed by atoms with Gasteiger partial charge in [0, 0.05) is 37.6 Å². The quantitative estimate of drug-likeness (QED) is 0.554. The van der Waals surface area contributed by atoms with Crippen molar-refractivity contribution in [2.24, 2.45) is 11.8 Å². The number of nitrogens with zero attached hydrogens (tertiary/aromatic N) is 1. The van der Waals surface area contributed by atoms with Gasteiger partial charge >= 0.3 is 0 Å². The van der Waals surface area contributed by atoms with E-state index in [1.165, 1.54) is 14.1 Å². The molecular weight excluding hydrogens is 406 g/mol. The van der Waals surface area contributed by atoms with Gasteiger partial charge in [-0.2, -0.15) is 12.7 Å². The van der Waals surface area contributed by atoms with E-state index in [1.54, 1.807) is 0 Å². The lowest BCUT2D eigenvalue weighted by molar-refractivity contribution is -0.125. The van der Waals surface area contributed by atoms with Crippen molar-refractivity contribution in [1.29, 1.82) is 0 Å². The minimum atomic E-state index is -3.46. The van der Waals surface area contributed by atoms with Crippen molar-refractivity contribution in [3.63, 3.8) is 0 Å². The van der Waals surface area contributed by atoms with Gasteiger partial charge < -0.3 is 5.32 Å². The molecule has 1 aromatic rings. The van der Waals surface area contributed by atoms with E-state index in [1.807, 2.05) is 24.3 Å². The first kappa shape index (κ1) is 22.1. The zero-order valence-electron chi connectivity index (χ0n) is 15.3. The maximum Gasteiger partial charge on any atom is 0.278 e. The zero-order chi connectivity index (χ0) is 19.0. The van der Waals surface area contributed by atoms with Crippen LogP contribution in [0.15, 0.2) is 28.7 Å². The van der Waals surface area contributed by atoms with Crippen LogP contribution < -0.4 is 10.0 Å². The monoisotopic (exact) mass is 433 g/mol. The number of carbonyl (C=O) groups excluding carboxylic acids is 1. The Hall–Kier alpha value is -0.960. The van der Waals surface area contributed by atoms with Crippen LogP contribution in [0.25, 0.3) is 0 Å². The van der Waals surface area contributed by atoms with Crippen molar-refractivity contribution in [2.75, 3.05) is 27.2 Å². The summed E-state index contributed by atoms with van der Waals surface area (Å²) in [5, 5.41) is 2.84. The lowest BCUT2D eigenvalue weighted by Gasteiger charge is -2.19. The van der Waals surface area contributed by atoms with Crippen LogP contribution in [0, 0.1) is 11.8 Å². The minimum absolute atomic E-state index is 0.0438. The Morgan fingerprint density at radius 2 is 1.92 bits per heavy atom. The second-order valence-corrected chi connectivity index (χ2v) is 9.52. The van der Waals surface area contributed by atoms with Crippen LogP contribution in [0.5, 0.6) is 0 Å². The minimum Gasteiger partial charge on any atom is -0.355 e. The molecule has 0 saturated carbocycles. The maximum absolute atomic E-state index is 12.5. The van der Waals surface area contributed by atoms with E-state index >= 15 is 0 Å². The van der Waals surface area contributed by atoms with E-state index < -0.39 is 10.2 Å². The zero-order valence-corrected chi connectivity index (χ0v) is 17.7. The van der Waals surface area contributed by atoms with Crippen molar-refractivity contribution in [1.82, 2.24) is 14.3 Å². The molecule has 0 aliphatic heterocycles. The fourth-order valence-corrected chi connectivity index (χ4v) is 3.50. The topological polar surface area (TPSA) is 78.5 Å². The highest BCUT2D eigenvalue weighted by atomic mass is 79.9. The number of benzene rings is 1. The summed E-state index contributed by atoms with van der Waals surface area (Å²) in [6.07, 6.45) is 1.44. The number of amides is 1. The fraction of sp³-hybridized carbons (Fsp3) is 0.588. The van der Waals surface area contributed by atoms with Gasteiger partial charge in [0.05, 0.1) is 0 Å². The average Bonchev–Trinajstić information content (AvgIpc) is 2.50. The molecule has 0 radical (unpaired) electrons. The van der Waals surface area contributed by atoms with E-state index in [-0.39, 0.29) is 24.9 Å². The normalized spacial score (nSPS) is 13.2. The number of hydrogen-bond acceptors (Lipinski definition) is 3. The van der Waals surface area contributed by atoms with E-state index in [0.29, 0.717) is 12.3 Å². The van der Waals surface area contributed by atoms with Gasteiger partial charge in [0.1, 0.15) is 0 Å². The fourth-order valence-electron chi connectivity index (χ4n) is 2.44. The predicted octanol–water partition coefficient (Wildman–Crippen LogP) is 2.17. The van der Waals surface area contributed by atoms with Crippen LogP contribution in [0.3, 0.4) is 0 Å². The molecule has 0 heterocycles. The summed E-state index contributed by atoms with van der Waals surface area (Å²) < 4.78 is 27.8. The molecule has 0 saturated heterocycles. The Morgan fingerprint density at radius 1 is 1.24 bits per heavy atom. The molecule has 2 N–H and O–H groups in total. The molecule has 1 amide bonds. The van der Waals surface area contributed by atoms with Crippen LogP contribution >= 0.6 is 15.9 Å². The Labute approximate surface area is 159 Å². The van der Waals surface area contributed by atoms with Crippen LogP contribution in [0.4, 0.5) is 0 Å². The van der Waals surface area contributed by atoms with Gasteiger partial charge in [0.25, 0.3) is 10.2 Å². The van der Waals surface area contributed by atoms with Crippen molar-refractivity contribution >= 4 is 32.0 Å². The molecular formula is C17H28BrN3O3S. The second kappa shape index (κ2) is 10.3. The third-order valence-corrected chi connectivity index (χ3v) is 5.71. The number of carbonyl (C=O) groups is 1. The summed E-state index contributed by atoms with van der Waals surface area (Å²) in [4.78, 5) is 12.5. The van der Waals surface area contributed by atoms with E-state index in [4.69, 9.17) is 0 Å². The lowest BCUT2D eigenvalue weighted by atomic mass is 9.90. The molecule has 25 heavy (non-hydrogen) atoms. The third kappa shape index (κ3) is 8.31. The largest absolute Gasteiger partial charge is 0.355 e. The van der Waals surface area contributed by atoms with E-state index in [9.17, 15) is 13.2 Å². The van der Waals surface area contributed by atoms with Crippen molar-refractivity contribution in [2.45, 2.75) is 26.7 Å². The molecule has 8 heteroatoms. The van der Waals surface area contributed by atoms with E-state index in [0.717, 1.165) is 20.8 Å². The smallest absolute Gasteiger partial charge is 0.278 e. The summed E-state index contributed by atoms with van der Waals surface area (Å²) in [5.41, 5.74) is 1.10. The molecule has 0 aliphatic rings. The number of nitrogens with one attached hydrogen (secondary N) is 2. The van der Waals surface area contributed by atoms with Crippen LogP contribution in [0.2, 0.25) is 0 Å². The van der Waals surface area contributed by atoms with Crippen molar-refractivity contribution in [3.8, 4) is 0 Å². The third-order valence-electron chi connectivity index (χ3n) is 3.69. The first-order chi connectivity index (χ1) is 11.6. The Kier molecular flexibility index (Phi) is 9.06. The summed E-state index contributed by atoms with van der Waals surface area (Å²) in [6.45, 7) is 4.61. The average molecular weight is 434 g/mol. The van der Waals surface area contributed by atoms with Gasteiger partial charge in [0.15, 0.2) is 0 Å². The van der Waals surface area contributed by atoms with Gasteiger partial charge in [-0.1, -0.05) is 41.9 Å². The van der Waals surface area contributed by atoms with Gasteiger partial charge in [-0.05, 0) is 36.5 Å². The summed E-state index contributed by atoms with van der Waals surface area (Å²) in [6, 6.07) is 7.94. The predicted molar refractivity (Wildman–Crippen MR) is 104 cm³/mol. The highest BCUT2D eigenvalue weighted by molar-refractivity contribution is 9.10. The SMILES string of the molecule is CC(C)C[C@H](Cc1cccc(Br)c1)C(=O)NCCNS(=O)(=O)N(C)C. The van der Waals surface area contributed by atoms with Crippen molar-refractivity contribution < 1.29 is 13.2 Å². The summed E-state index contributed by atoms with van der Waals surface area (Å²) in [5.74, 6) is 0.215. The first-order valence-electron chi connectivity index (χ1n) is 8.31. The highest BCUT2D eigenvalue weighted by Crippen LogP contribution is 2.20. The molecule has 6 nitrogen and oxygen atoms in total. The Balaban J connectivity index is 2.59. The molecule has 0 spiro atoms. The number of rotatable bonds is 10. The molecule has 142 valence electrons. The van der Waals surface area contributed by atoms with Gasteiger partial charge in [-0.3, -0.25) is 4.79 Å². The highest BCUT2D eigenvalue weighted by Gasteiger charge is 2.20. The number of halogens is 1. The molecule has 1 atom stereocenters. The van der Waals surface area contributed by atoms with Crippen molar-refractivity contribution in [3.05, 3.63) is 34.3 Å². The summed E-state index contributed by atoms with van der Waals surface area (Å²) in [7, 11) is -0.550. The standard InChI is InChI=1S/C17H28BrN3O3S/c1-13(2)10-15(11-14-6-5-7-16(18)12-14)17(22)19-8-9-20-25(23,24)21(3)4/h5-7,12-13,15,20H,8-11H2,1-4H3,(H,19,22)/t15-/m1/s1. The van der Waals surface area contributed by atoms with Crippen LogP contribution in [-0.4, -0.2) is 45.8 Å². The lowest BCUT2D eigenvalue weighted by Crippen LogP contribution is -2.41. The second-order valence-electron chi connectivity index (χ2n) is 6.63. The van der Waals surface area contributed by atoms with E-state index in [2.05, 4.69) is 39.8 Å². The molecule has 1 aromatic carbocycles. The first-order valence-corrected chi connectivity index (χ1v) is 10.5. The molecule has 0 aliphatic carbocycles. The molecule has 1 rings (SSSR count). The molecule has 0 unspecified atom stereocenters.